The lowest BCUT2D eigenvalue weighted by molar-refractivity contribution is 0.884. The van der Waals surface area contributed by atoms with Crippen LogP contribution in [0.2, 0.25) is 0 Å². The summed E-state index contributed by atoms with van der Waals surface area (Å²) in [5, 5.41) is 3.40. The number of hydrogen-bond donors (Lipinski definition) is 2. The van der Waals surface area contributed by atoms with Gasteiger partial charge in [-0.2, -0.15) is 0 Å². The van der Waals surface area contributed by atoms with Crippen LogP contribution in [0.1, 0.15) is 18.5 Å². The van der Waals surface area contributed by atoms with Gasteiger partial charge >= 0.3 is 0 Å². The van der Waals surface area contributed by atoms with Crippen molar-refractivity contribution in [2.24, 2.45) is 0 Å². The average molecular weight is 213 g/mol. The molecule has 3 N–H and O–H groups in total. The molecule has 16 heavy (non-hydrogen) atoms. The van der Waals surface area contributed by atoms with Crippen LogP contribution in [0.15, 0.2) is 48.8 Å². The molecule has 0 fully saturated rings. The van der Waals surface area contributed by atoms with Gasteiger partial charge in [-0.25, -0.2) is 0 Å². The molecule has 1 aromatic heterocycles. The SMILES string of the molecule is CC(Nc1ccncc1)c1ccc(N)cc1. The molecule has 2 aromatic rings. The van der Waals surface area contributed by atoms with E-state index >= 15 is 0 Å². The molecular formula is C13H15N3. The standard InChI is InChI=1S/C13H15N3/c1-10(11-2-4-12(14)5-3-11)16-13-6-8-15-9-7-13/h2-10H,14H2,1H3,(H,15,16). The summed E-state index contributed by atoms with van der Waals surface area (Å²) >= 11 is 0. The molecule has 0 amide bonds. The maximum Gasteiger partial charge on any atom is 0.0485 e. The minimum atomic E-state index is 0.253. The first-order chi connectivity index (χ1) is 7.75. The van der Waals surface area contributed by atoms with Crippen LogP contribution in [0, 0.1) is 0 Å². The van der Waals surface area contributed by atoms with Gasteiger partial charge in [0.2, 0.25) is 0 Å². The smallest absolute Gasteiger partial charge is 0.0485 e. The molecule has 1 atom stereocenters. The third-order valence-electron chi connectivity index (χ3n) is 2.50. The molecule has 1 aromatic carbocycles. The summed E-state index contributed by atoms with van der Waals surface area (Å²) < 4.78 is 0. The quantitative estimate of drug-likeness (QED) is 0.771. The molecule has 0 aliphatic carbocycles. The van der Waals surface area contributed by atoms with Gasteiger partial charge in [-0.3, -0.25) is 4.98 Å². The topological polar surface area (TPSA) is 50.9 Å². The number of pyridine rings is 1. The van der Waals surface area contributed by atoms with Gasteiger partial charge in [0.25, 0.3) is 0 Å². The van der Waals surface area contributed by atoms with Crippen molar-refractivity contribution in [3.8, 4) is 0 Å². The normalized spacial score (nSPS) is 12.1. The second kappa shape index (κ2) is 4.66. The largest absolute Gasteiger partial charge is 0.399 e. The summed E-state index contributed by atoms with van der Waals surface area (Å²) in [5.41, 5.74) is 8.72. The zero-order valence-corrected chi connectivity index (χ0v) is 9.22. The fraction of sp³-hybridized carbons (Fsp3) is 0.154. The first-order valence-electron chi connectivity index (χ1n) is 5.28. The molecule has 0 radical (unpaired) electrons. The van der Waals surface area contributed by atoms with Gasteiger partial charge in [0.15, 0.2) is 0 Å². The summed E-state index contributed by atoms with van der Waals surface area (Å²) in [6.45, 7) is 2.12. The van der Waals surface area contributed by atoms with E-state index in [0.29, 0.717) is 0 Å². The lowest BCUT2D eigenvalue weighted by Gasteiger charge is -2.15. The second-order valence-corrected chi connectivity index (χ2v) is 3.77. The van der Waals surface area contributed by atoms with Gasteiger partial charge < -0.3 is 11.1 Å². The Hall–Kier alpha value is -2.03. The van der Waals surface area contributed by atoms with Crippen molar-refractivity contribution >= 4 is 11.4 Å². The van der Waals surface area contributed by atoms with Gasteiger partial charge in [0.05, 0.1) is 0 Å². The van der Waals surface area contributed by atoms with Crippen molar-refractivity contribution in [3.05, 3.63) is 54.4 Å². The van der Waals surface area contributed by atoms with Crippen molar-refractivity contribution in [2.75, 3.05) is 11.1 Å². The Morgan fingerprint density at radius 3 is 2.31 bits per heavy atom. The summed E-state index contributed by atoms with van der Waals surface area (Å²) in [6, 6.07) is 12.1. The van der Waals surface area contributed by atoms with E-state index in [4.69, 9.17) is 5.73 Å². The number of nitrogens with one attached hydrogen (secondary N) is 1. The highest BCUT2D eigenvalue weighted by molar-refractivity contribution is 5.45. The van der Waals surface area contributed by atoms with E-state index in [-0.39, 0.29) is 6.04 Å². The van der Waals surface area contributed by atoms with Crippen LogP contribution in [0.3, 0.4) is 0 Å². The van der Waals surface area contributed by atoms with Crippen LogP contribution in [0.4, 0.5) is 11.4 Å². The van der Waals surface area contributed by atoms with Crippen LogP contribution in [0.5, 0.6) is 0 Å². The minimum Gasteiger partial charge on any atom is -0.399 e. The zero-order chi connectivity index (χ0) is 11.4. The highest BCUT2D eigenvalue weighted by atomic mass is 14.9. The molecule has 3 heteroatoms. The van der Waals surface area contributed by atoms with Crippen LogP contribution in [0.25, 0.3) is 0 Å². The first-order valence-corrected chi connectivity index (χ1v) is 5.28. The van der Waals surface area contributed by atoms with Crippen LogP contribution < -0.4 is 11.1 Å². The van der Waals surface area contributed by atoms with Crippen molar-refractivity contribution in [1.29, 1.82) is 0 Å². The Morgan fingerprint density at radius 1 is 1.06 bits per heavy atom. The minimum absolute atomic E-state index is 0.253. The van der Waals surface area contributed by atoms with E-state index in [1.807, 2.05) is 36.4 Å². The zero-order valence-electron chi connectivity index (χ0n) is 9.22. The number of nitrogens with zero attached hydrogens (tertiary/aromatic N) is 1. The number of aromatic nitrogens is 1. The monoisotopic (exact) mass is 213 g/mol. The molecule has 0 spiro atoms. The fourth-order valence-electron chi connectivity index (χ4n) is 1.57. The van der Waals surface area contributed by atoms with Crippen molar-refractivity contribution < 1.29 is 0 Å². The van der Waals surface area contributed by atoms with E-state index in [0.717, 1.165) is 11.4 Å². The van der Waals surface area contributed by atoms with Gasteiger partial charge in [0.1, 0.15) is 0 Å². The summed E-state index contributed by atoms with van der Waals surface area (Å²) in [7, 11) is 0. The lowest BCUT2D eigenvalue weighted by atomic mass is 10.1. The van der Waals surface area contributed by atoms with Crippen LogP contribution in [-0.4, -0.2) is 4.98 Å². The molecule has 1 heterocycles. The molecule has 0 aliphatic rings. The van der Waals surface area contributed by atoms with Gasteiger partial charge in [-0.05, 0) is 36.8 Å². The van der Waals surface area contributed by atoms with E-state index in [2.05, 4.69) is 17.2 Å². The molecule has 82 valence electrons. The van der Waals surface area contributed by atoms with Gasteiger partial charge in [-0.15, -0.1) is 0 Å². The molecule has 0 bridgehead atoms. The summed E-state index contributed by atoms with van der Waals surface area (Å²) in [4.78, 5) is 3.98. The Kier molecular flexibility index (Phi) is 3.05. The predicted octanol–water partition coefficient (Wildman–Crippen LogP) is 2.84. The molecule has 0 saturated heterocycles. The molecular weight excluding hydrogens is 198 g/mol. The average Bonchev–Trinajstić information content (AvgIpc) is 2.31. The third kappa shape index (κ3) is 2.51. The van der Waals surface area contributed by atoms with Crippen LogP contribution >= 0.6 is 0 Å². The molecule has 1 unspecified atom stereocenters. The Balaban J connectivity index is 2.09. The molecule has 3 nitrogen and oxygen atoms in total. The van der Waals surface area contributed by atoms with Crippen LogP contribution in [-0.2, 0) is 0 Å². The van der Waals surface area contributed by atoms with E-state index in [9.17, 15) is 0 Å². The number of nitrogen functional groups attached to an aromatic ring is 1. The van der Waals surface area contributed by atoms with E-state index in [1.54, 1.807) is 12.4 Å². The Morgan fingerprint density at radius 2 is 1.69 bits per heavy atom. The highest BCUT2D eigenvalue weighted by Crippen LogP contribution is 2.19. The number of benzene rings is 1. The number of hydrogen-bond acceptors (Lipinski definition) is 3. The summed E-state index contributed by atoms with van der Waals surface area (Å²) in [5.74, 6) is 0. The third-order valence-corrected chi connectivity index (χ3v) is 2.50. The van der Waals surface area contributed by atoms with Crippen molar-refractivity contribution in [3.63, 3.8) is 0 Å². The van der Waals surface area contributed by atoms with Crippen molar-refractivity contribution in [1.82, 2.24) is 4.98 Å². The Bertz CT molecular complexity index is 436. The van der Waals surface area contributed by atoms with Gasteiger partial charge in [0, 0.05) is 29.8 Å². The van der Waals surface area contributed by atoms with Gasteiger partial charge in [-0.1, -0.05) is 12.1 Å². The summed E-state index contributed by atoms with van der Waals surface area (Å²) in [6.07, 6.45) is 3.55. The highest BCUT2D eigenvalue weighted by Gasteiger charge is 2.04. The second-order valence-electron chi connectivity index (χ2n) is 3.77. The molecule has 0 aliphatic heterocycles. The molecule has 0 saturated carbocycles. The van der Waals surface area contributed by atoms with Crippen molar-refractivity contribution in [2.45, 2.75) is 13.0 Å². The first kappa shape index (κ1) is 10.5. The predicted molar refractivity (Wildman–Crippen MR) is 67.1 cm³/mol. The maximum atomic E-state index is 5.65. The fourth-order valence-corrected chi connectivity index (χ4v) is 1.57. The number of rotatable bonds is 3. The number of nitrogens with two attached hydrogens (primary N) is 1. The Labute approximate surface area is 95.3 Å². The number of anilines is 2. The maximum absolute atomic E-state index is 5.65. The van der Waals surface area contributed by atoms with E-state index in [1.165, 1.54) is 5.56 Å². The lowest BCUT2D eigenvalue weighted by Crippen LogP contribution is -2.06. The molecule has 2 rings (SSSR count). The van der Waals surface area contributed by atoms with E-state index < -0.39 is 0 Å².